The third kappa shape index (κ3) is 3.56. The van der Waals surface area contributed by atoms with Gasteiger partial charge in [0.15, 0.2) is 0 Å². The molecule has 4 heteroatoms. The lowest BCUT2D eigenvalue weighted by molar-refractivity contribution is 0.792. The molecule has 0 radical (unpaired) electrons. The Morgan fingerprint density at radius 1 is 1.00 bits per heavy atom. The van der Waals surface area contributed by atoms with Gasteiger partial charge in [0.25, 0.3) is 0 Å². The lowest BCUT2D eigenvalue weighted by atomic mass is 10.2. The highest BCUT2D eigenvalue weighted by Crippen LogP contribution is 2.15. The highest BCUT2D eigenvalue weighted by Gasteiger charge is 2.15. The van der Waals surface area contributed by atoms with Gasteiger partial charge in [-0.05, 0) is 0 Å². The summed E-state index contributed by atoms with van der Waals surface area (Å²) in [5, 5.41) is 15.5. The van der Waals surface area contributed by atoms with Gasteiger partial charge in [0.1, 0.15) is 0 Å². The quantitative estimate of drug-likeness (QED) is 0.619. The van der Waals surface area contributed by atoms with Gasteiger partial charge in [-0.3, -0.25) is 0 Å². The topological polar surface area (TPSA) is 47.6 Å². The van der Waals surface area contributed by atoms with Crippen molar-refractivity contribution in [1.82, 2.24) is 0 Å². The monoisotopic (exact) mass is 176 g/mol. The molecule has 0 heterocycles. The maximum absolute atomic E-state index is 8.18. The second kappa shape index (κ2) is 5.35. The van der Waals surface area contributed by atoms with Gasteiger partial charge < -0.3 is 0 Å². The first-order valence-corrected chi connectivity index (χ1v) is 3.61. The Balaban J connectivity index is 3.63. The molecule has 0 aromatic carbocycles. The Morgan fingerprint density at radius 2 is 1.30 bits per heavy atom. The molecule has 0 aliphatic carbocycles. The second-order valence-electron chi connectivity index (χ2n) is 1.76. The van der Waals surface area contributed by atoms with Crippen LogP contribution in [0.15, 0.2) is 0 Å². The normalized spacial score (nSPS) is 14.8. The van der Waals surface area contributed by atoms with Crippen LogP contribution in [0.25, 0.3) is 0 Å². The summed E-state index contributed by atoms with van der Waals surface area (Å²) < 4.78 is 0. The molecule has 0 bridgehead atoms. The van der Waals surface area contributed by atoms with Crippen LogP contribution < -0.4 is 0 Å². The van der Waals surface area contributed by atoms with Crippen LogP contribution in [0.5, 0.6) is 0 Å². The first-order chi connectivity index (χ1) is 4.72. The number of halogens is 2. The number of nitrogens with zero attached hydrogens (tertiary/aromatic N) is 2. The van der Waals surface area contributed by atoms with Crippen molar-refractivity contribution in [3.05, 3.63) is 0 Å². The summed E-state index contributed by atoms with van der Waals surface area (Å²) in [4.78, 5) is 0. The molecule has 0 aromatic heterocycles. The Morgan fingerprint density at radius 3 is 1.50 bits per heavy atom. The van der Waals surface area contributed by atoms with Crippen LogP contribution >= 0.6 is 23.2 Å². The lowest BCUT2D eigenvalue weighted by Crippen LogP contribution is -2.13. The Bertz CT molecular complexity index is 148. The predicted molar refractivity (Wildman–Crippen MR) is 39.7 cm³/mol. The fraction of sp³-hybridized carbons (Fsp3) is 0.667. The maximum Gasteiger partial charge on any atom is 0.0639 e. The zero-order valence-electron chi connectivity index (χ0n) is 5.22. The van der Waals surface area contributed by atoms with Crippen LogP contribution in [0.3, 0.4) is 0 Å². The maximum atomic E-state index is 8.18. The first-order valence-electron chi connectivity index (χ1n) is 2.74. The van der Waals surface area contributed by atoms with Gasteiger partial charge in [-0.1, -0.05) is 0 Å². The molecule has 0 saturated heterocycles. The van der Waals surface area contributed by atoms with E-state index in [1.54, 1.807) is 0 Å². The predicted octanol–water partition coefficient (Wildman–Crippen LogP) is 2.03. The minimum absolute atomic E-state index is 0.192. The molecular weight excluding hydrogens is 171 g/mol. The van der Waals surface area contributed by atoms with Crippen LogP contribution in [-0.4, -0.2) is 10.8 Å². The van der Waals surface area contributed by atoms with Gasteiger partial charge in [0, 0.05) is 0 Å². The average Bonchev–Trinajstić information content (AvgIpc) is 1.89. The van der Waals surface area contributed by atoms with Gasteiger partial charge >= 0.3 is 0 Å². The summed E-state index contributed by atoms with van der Waals surface area (Å²) in [6.45, 7) is 0. The summed E-state index contributed by atoms with van der Waals surface area (Å²) in [6.07, 6.45) is 0.384. The van der Waals surface area contributed by atoms with E-state index in [2.05, 4.69) is 0 Å². The average molecular weight is 177 g/mol. The lowest BCUT2D eigenvalue weighted by Gasteiger charge is -2.07. The largest absolute Gasteiger partial charge is 0.198 e. The first kappa shape index (κ1) is 9.56. The molecule has 0 amide bonds. The highest BCUT2D eigenvalue weighted by atomic mass is 35.5. The van der Waals surface area contributed by atoms with E-state index in [0.717, 1.165) is 0 Å². The van der Waals surface area contributed by atoms with Crippen LogP contribution in [-0.2, 0) is 0 Å². The number of nitriles is 2. The van der Waals surface area contributed by atoms with Crippen molar-refractivity contribution in [3.63, 3.8) is 0 Å². The molecule has 0 fully saturated rings. The van der Waals surface area contributed by atoms with Gasteiger partial charge in [0.05, 0.1) is 35.7 Å². The summed E-state index contributed by atoms with van der Waals surface area (Å²) in [7, 11) is 0. The fourth-order valence-electron chi connectivity index (χ4n) is 0.430. The fourth-order valence-corrected chi connectivity index (χ4v) is 0.746. The summed E-state index contributed by atoms with van der Waals surface area (Å²) in [5.74, 6) is 0. The van der Waals surface area contributed by atoms with Crippen molar-refractivity contribution < 1.29 is 0 Å². The highest BCUT2D eigenvalue weighted by molar-refractivity contribution is 6.30. The molecule has 0 rings (SSSR count). The summed E-state index contributed by atoms with van der Waals surface area (Å²) >= 11 is 11.2. The molecule has 2 unspecified atom stereocenters. The van der Waals surface area contributed by atoms with E-state index in [0.29, 0.717) is 0 Å². The smallest absolute Gasteiger partial charge is 0.0639 e. The number of hydrogen-bond acceptors (Lipinski definition) is 2. The minimum Gasteiger partial charge on any atom is -0.198 e. The SMILES string of the molecule is N#CCC(Cl)C(Cl)CC#N. The standard InChI is InChI=1S/C6H6Cl2N2/c7-5(1-3-9)6(8)2-4-10/h5-6H,1-2H2. The number of hydrogen-bond donors (Lipinski definition) is 0. The Labute approximate surface area is 70.0 Å². The molecule has 2 nitrogen and oxygen atoms in total. The third-order valence-electron chi connectivity index (χ3n) is 0.965. The second-order valence-corrected chi connectivity index (χ2v) is 2.88. The van der Waals surface area contributed by atoms with E-state index in [1.165, 1.54) is 0 Å². The van der Waals surface area contributed by atoms with Crippen molar-refractivity contribution in [3.8, 4) is 12.1 Å². The van der Waals surface area contributed by atoms with Crippen molar-refractivity contribution >= 4 is 23.2 Å². The molecule has 0 aromatic rings. The molecule has 0 N–H and O–H groups in total. The van der Waals surface area contributed by atoms with E-state index in [9.17, 15) is 0 Å². The van der Waals surface area contributed by atoms with Gasteiger partial charge in [-0.25, -0.2) is 0 Å². The summed E-state index contributed by atoms with van der Waals surface area (Å²) in [5.41, 5.74) is 0. The molecule has 2 atom stereocenters. The van der Waals surface area contributed by atoms with Crippen molar-refractivity contribution in [2.75, 3.05) is 0 Å². The van der Waals surface area contributed by atoms with Crippen LogP contribution in [0.2, 0.25) is 0 Å². The molecule has 0 aliphatic rings. The molecular formula is C6H6Cl2N2. The van der Waals surface area contributed by atoms with E-state index < -0.39 is 10.8 Å². The van der Waals surface area contributed by atoms with Crippen LogP contribution in [0.4, 0.5) is 0 Å². The molecule has 54 valence electrons. The van der Waals surface area contributed by atoms with E-state index in [-0.39, 0.29) is 12.8 Å². The zero-order chi connectivity index (χ0) is 7.98. The molecule has 0 saturated carbocycles. The molecule has 0 spiro atoms. The molecule has 10 heavy (non-hydrogen) atoms. The van der Waals surface area contributed by atoms with Crippen LogP contribution in [0, 0.1) is 22.7 Å². The van der Waals surface area contributed by atoms with Crippen LogP contribution in [0.1, 0.15) is 12.8 Å². The van der Waals surface area contributed by atoms with E-state index >= 15 is 0 Å². The van der Waals surface area contributed by atoms with Crippen molar-refractivity contribution in [1.29, 1.82) is 10.5 Å². The third-order valence-corrected chi connectivity index (χ3v) is 2.01. The van der Waals surface area contributed by atoms with E-state index in [4.69, 9.17) is 33.7 Å². The van der Waals surface area contributed by atoms with Crippen molar-refractivity contribution in [2.24, 2.45) is 0 Å². The van der Waals surface area contributed by atoms with Crippen molar-refractivity contribution in [2.45, 2.75) is 23.6 Å². The number of rotatable bonds is 3. The van der Waals surface area contributed by atoms with Gasteiger partial charge in [-0.2, -0.15) is 10.5 Å². The Kier molecular flexibility index (Phi) is 5.12. The Hall–Kier alpha value is -0.440. The minimum atomic E-state index is -0.411. The summed E-state index contributed by atoms with van der Waals surface area (Å²) in [6, 6.07) is 3.76. The van der Waals surface area contributed by atoms with E-state index in [1.807, 2.05) is 12.1 Å². The van der Waals surface area contributed by atoms with Gasteiger partial charge in [-0.15, -0.1) is 23.2 Å². The zero-order valence-corrected chi connectivity index (χ0v) is 6.73. The van der Waals surface area contributed by atoms with Gasteiger partial charge in [0.2, 0.25) is 0 Å². The molecule has 0 aliphatic heterocycles. The number of alkyl halides is 2.